The monoisotopic (exact) mass is 317 g/mol. The minimum atomic E-state index is -0.426. The summed E-state index contributed by atoms with van der Waals surface area (Å²) in [5, 5.41) is 0. The molecule has 0 aliphatic carbocycles. The molecule has 0 saturated heterocycles. The fourth-order valence-electron chi connectivity index (χ4n) is 2.43. The van der Waals surface area contributed by atoms with Crippen LogP contribution in [0.5, 0.6) is 0 Å². The van der Waals surface area contributed by atoms with E-state index in [0.717, 1.165) is 36.8 Å². The Kier molecular flexibility index (Phi) is 8.23. The zero-order chi connectivity index (χ0) is 17.2. The highest BCUT2D eigenvalue weighted by Crippen LogP contribution is 2.14. The Morgan fingerprint density at radius 2 is 1.87 bits per heavy atom. The van der Waals surface area contributed by atoms with E-state index in [-0.39, 0.29) is 12.3 Å². The third kappa shape index (κ3) is 6.35. The number of carbonyl (C=O) groups excluding carboxylic acids is 2. The Labute approximate surface area is 139 Å². The number of aliphatic imine (C=N–C) groups is 1. The molecule has 4 nitrogen and oxygen atoms in total. The third-order valence-corrected chi connectivity index (χ3v) is 3.78. The molecule has 0 N–H and O–H groups in total. The molecule has 0 heterocycles. The van der Waals surface area contributed by atoms with E-state index >= 15 is 0 Å². The lowest BCUT2D eigenvalue weighted by atomic mass is 9.97. The lowest BCUT2D eigenvalue weighted by molar-refractivity contribution is -0.138. The van der Waals surface area contributed by atoms with Crippen molar-refractivity contribution in [3.05, 3.63) is 34.9 Å². The summed E-state index contributed by atoms with van der Waals surface area (Å²) in [6.45, 7) is 5.97. The Morgan fingerprint density at radius 1 is 1.13 bits per heavy atom. The molecule has 0 atom stereocenters. The molecule has 0 amide bonds. The van der Waals surface area contributed by atoms with Gasteiger partial charge in [0.15, 0.2) is 0 Å². The van der Waals surface area contributed by atoms with E-state index in [0.29, 0.717) is 17.7 Å². The van der Waals surface area contributed by atoms with Crippen LogP contribution < -0.4 is 0 Å². The zero-order valence-electron chi connectivity index (χ0n) is 14.6. The highest BCUT2D eigenvalue weighted by Gasteiger charge is 2.16. The fourth-order valence-corrected chi connectivity index (χ4v) is 2.43. The van der Waals surface area contributed by atoms with Gasteiger partial charge in [0, 0.05) is 5.56 Å². The maximum atomic E-state index is 12.8. The van der Waals surface area contributed by atoms with Crippen molar-refractivity contribution in [3.8, 4) is 0 Å². The molecule has 0 saturated carbocycles. The summed E-state index contributed by atoms with van der Waals surface area (Å²) >= 11 is 0. The standard InChI is InChI=1S/C19H27NO3/c1-5-6-7-8-9-17(20-13-18(21)23-4)19(22)16-11-10-14(2)12-15(16)3/h10-12H,5-9,13H2,1-4H3. The first-order valence-corrected chi connectivity index (χ1v) is 8.21. The number of carbonyl (C=O) groups is 2. The first kappa shape index (κ1) is 19.1. The van der Waals surface area contributed by atoms with Crippen LogP contribution in [-0.2, 0) is 9.53 Å². The summed E-state index contributed by atoms with van der Waals surface area (Å²) in [6, 6.07) is 5.75. The summed E-state index contributed by atoms with van der Waals surface area (Å²) in [6.07, 6.45) is 4.85. The summed E-state index contributed by atoms with van der Waals surface area (Å²) in [5.41, 5.74) is 3.19. The number of nitrogens with zero attached hydrogens (tertiary/aromatic N) is 1. The van der Waals surface area contributed by atoms with Crippen molar-refractivity contribution in [2.45, 2.75) is 52.9 Å². The van der Waals surface area contributed by atoms with Crippen LogP contribution >= 0.6 is 0 Å². The number of unbranched alkanes of at least 4 members (excludes halogenated alkanes) is 3. The average Bonchev–Trinajstić information content (AvgIpc) is 2.53. The van der Waals surface area contributed by atoms with E-state index in [1.807, 2.05) is 32.0 Å². The van der Waals surface area contributed by atoms with Gasteiger partial charge >= 0.3 is 5.97 Å². The average molecular weight is 317 g/mol. The second-order valence-corrected chi connectivity index (χ2v) is 5.80. The van der Waals surface area contributed by atoms with Gasteiger partial charge < -0.3 is 4.74 Å². The van der Waals surface area contributed by atoms with Gasteiger partial charge in [-0.25, -0.2) is 0 Å². The molecule has 0 spiro atoms. The van der Waals surface area contributed by atoms with Crippen LogP contribution in [0.25, 0.3) is 0 Å². The number of Topliss-reactive ketones (excluding diaryl/α,β-unsaturated/α-hetero) is 1. The number of hydrogen-bond donors (Lipinski definition) is 0. The number of esters is 1. The summed E-state index contributed by atoms with van der Waals surface area (Å²) < 4.78 is 4.61. The van der Waals surface area contributed by atoms with Crippen molar-refractivity contribution in [1.82, 2.24) is 0 Å². The second kappa shape index (κ2) is 9.93. The topological polar surface area (TPSA) is 55.7 Å². The van der Waals surface area contributed by atoms with Crippen LogP contribution in [0.15, 0.2) is 23.2 Å². The summed E-state index contributed by atoms with van der Waals surface area (Å²) in [5.74, 6) is -0.507. The molecular formula is C19H27NO3. The summed E-state index contributed by atoms with van der Waals surface area (Å²) in [4.78, 5) is 28.3. The van der Waals surface area contributed by atoms with E-state index in [1.165, 1.54) is 7.11 Å². The van der Waals surface area contributed by atoms with Crippen molar-refractivity contribution < 1.29 is 14.3 Å². The van der Waals surface area contributed by atoms with Crippen molar-refractivity contribution in [2.24, 2.45) is 4.99 Å². The molecule has 1 aromatic rings. The maximum Gasteiger partial charge on any atom is 0.327 e. The molecule has 1 aromatic carbocycles. The number of benzene rings is 1. The first-order valence-electron chi connectivity index (χ1n) is 8.21. The molecule has 0 bridgehead atoms. The van der Waals surface area contributed by atoms with Gasteiger partial charge in [-0.3, -0.25) is 14.6 Å². The lowest BCUT2D eigenvalue weighted by Crippen LogP contribution is -2.18. The van der Waals surface area contributed by atoms with Crippen LogP contribution in [0.3, 0.4) is 0 Å². The number of methoxy groups -OCH3 is 1. The van der Waals surface area contributed by atoms with Crippen LogP contribution in [0.1, 0.15) is 60.5 Å². The van der Waals surface area contributed by atoms with E-state index in [9.17, 15) is 9.59 Å². The Morgan fingerprint density at radius 3 is 2.48 bits per heavy atom. The van der Waals surface area contributed by atoms with Gasteiger partial charge in [-0.15, -0.1) is 0 Å². The normalized spacial score (nSPS) is 11.4. The SMILES string of the molecule is CCCCCCC(=NCC(=O)OC)C(=O)c1ccc(C)cc1C. The van der Waals surface area contributed by atoms with Gasteiger partial charge in [0.1, 0.15) is 6.54 Å². The first-order chi connectivity index (χ1) is 11.0. The Bertz CT molecular complexity index is 576. The highest BCUT2D eigenvalue weighted by atomic mass is 16.5. The number of rotatable bonds is 9. The molecular weight excluding hydrogens is 290 g/mol. The lowest BCUT2D eigenvalue weighted by Gasteiger charge is -2.09. The van der Waals surface area contributed by atoms with Gasteiger partial charge in [-0.1, -0.05) is 49.9 Å². The Hall–Kier alpha value is -1.97. The third-order valence-electron chi connectivity index (χ3n) is 3.78. The van der Waals surface area contributed by atoms with E-state index in [4.69, 9.17) is 0 Å². The predicted molar refractivity (Wildman–Crippen MR) is 93.3 cm³/mol. The predicted octanol–water partition coefficient (Wildman–Crippen LogP) is 4.07. The second-order valence-electron chi connectivity index (χ2n) is 5.80. The largest absolute Gasteiger partial charge is 0.468 e. The highest BCUT2D eigenvalue weighted by molar-refractivity contribution is 6.46. The molecule has 0 radical (unpaired) electrons. The van der Waals surface area contributed by atoms with Crippen molar-refractivity contribution in [1.29, 1.82) is 0 Å². The van der Waals surface area contributed by atoms with E-state index in [2.05, 4.69) is 16.7 Å². The van der Waals surface area contributed by atoms with Crippen molar-refractivity contribution >= 4 is 17.5 Å². The summed E-state index contributed by atoms with van der Waals surface area (Å²) in [7, 11) is 1.32. The van der Waals surface area contributed by atoms with Gasteiger partial charge in [0.25, 0.3) is 0 Å². The van der Waals surface area contributed by atoms with Crippen LogP contribution in [0.2, 0.25) is 0 Å². The molecule has 0 aromatic heterocycles. The maximum absolute atomic E-state index is 12.8. The fraction of sp³-hybridized carbons (Fsp3) is 0.526. The van der Waals surface area contributed by atoms with E-state index in [1.54, 1.807) is 0 Å². The molecule has 1 rings (SSSR count). The number of hydrogen-bond acceptors (Lipinski definition) is 4. The van der Waals surface area contributed by atoms with Crippen LogP contribution in [-0.4, -0.2) is 31.1 Å². The van der Waals surface area contributed by atoms with Crippen molar-refractivity contribution in [3.63, 3.8) is 0 Å². The molecule has 0 aliphatic heterocycles. The van der Waals surface area contributed by atoms with Gasteiger partial charge in [0.05, 0.1) is 12.8 Å². The van der Waals surface area contributed by atoms with Crippen LogP contribution in [0.4, 0.5) is 0 Å². The van der Waals surface area contributed by atoms with Gasteiger partial charge in [-0.2, -0.15) is 0 Å². The molecule has 0 fully saturated rings. The zero-order valence-corrected chi connectivity index (χ0v) is 14.6. The minimum Gasteiger partial charge on any atom is -0.468 e. The van der Waals surface area contributed by atoms with Gasteiger partial charge in [0.2, 0.25) is 5.78 Å². The number of aryl methyl sites for hydroxylation is 2. The smallest absolute Gasteiger partial charge is 0.327 e. The van der Waals surface area contributed by atoms with E-state index < -0.39 is 5.97 Å². The number of ether oxygens (including phenoxy) is 1. The molecule has 0 aliphatic rings. The number of ketones is 1. The van der Waals surface area contributed by atoms with Crippen LogP contribution in [0, 0.1) is 13.8 Å². The Balaban J connectivity index is 2.92. The van der Waals surface area contributed by atoms with Gasteiger partial charge in [-0.05, 0) is 32.3 Å². The molecule has 126 valence electrons. The molecule has 0 unspecified atom stereocenters. The quantitative estimate of drug-likeness (QED) is 0.298. The minimum absolute atomic E-state index is 0.0806. The van der Waals surface area contributed by atoms with Crippen molar-refractivity contribution in [2.75, 3.05) is 13.7 Å². The molecule has 23 heavy (non-hydrogen) atoms. The molecule has 4 heteroatoms.